The lowest BCUT2D eigenvalue weighted by molar-refractivity contribution is -0.231. The molecule has 7 heteroatoms. The summed E-state index contributed by atoms with van der Waals surface area (Å²) >= 11 is 0. The summed E-state index contributed by atoms with van der Waals surface area (Å²) in [4.78, 5) is 20.6. The number of hydrogen-bond donors (Lipinski definition) is 0. The van der Waals surface area contributed by atoms with Gasteiger partial charge >= 0.3 is 0 Å². The third kappa shape index (κ3) is 3.50. The van der Waals surface area contributed by atoms with E-state index in [1.165, 1.54) is 19.3 Å². The highest BCUT2D eigenvalue weighted by Crippen LogP contribution is 2.40. The Morgan fingerprint density at radius 3 is 2.67 bits per heavy atom. The number of fused-ring (bicyclic) bond motifs is 2. The van der Waals surface area contributed by atoms with Crippen LogP contribution in [0.2, 0.25) is 0 Å². The maximum absolute atomic E-state index is 13.3. The summed E-state index contributed by atoms with van der Waals surface area (Å²) in [7, 11) is 1.59. The molecule has 2 aromatic carbocycles. The van der Waals surface area contributed by atoms with Gasteiger partial charge in [0.15, 0.2) is 0 Å². The van der Waals surface area contributed by atoms with E-state index in [0.717, 1.165) is 49.0 Å². The van der Waals surface area contributed by atoms with Gasteiger partial charge in [0.05, 0.1) is 30.3 Å². The molecule has 2 fully saturated rings. The first-order valence-corrected chi connectivity index (χ1v) is 11.8. The van der Waals surface area contributed by atoms with Gasteiger partial charge in [0, 0.05) is 37.5 Å². The van der Waals surface area contributed by atoms with Crippen LogP contribution < -0.4 is 15.0 Å². The van der Waals surface area contributed by atoms with Gasteiger partial charge in [0.2, 0.25) is 5.79 Å². The molecule has 2 aliphatic heterocycles. The van der Waals surface area contributed by atoms with Crippen molar-refractivity contribution in [1.82, 2.24) is 14.5 Å². The zero-order chi connectivity index (χ0) is 22.6. The highest BCUT2D eigenvalue weighted by molar-refractivity contribution is 5.79. The van der Waals surface area contributed by atoms with E-state index >= 15 is 0 Å². The monoisotopic (exact) mass is 447 g/mol. The molecular weight excluding hydrogens is 418 g/mol. The number of benzene rings is 2. The van der Waals surface area contributed by atoms with Crippen LogP contribution in [0.15, 0.2) is 41.2 Å². The van der Waals surface area contributed by atoms with Crippen molar-refractivity contribution in [2.75, 3.05) is 20.2 Å². The first-order valence-electron chi connectivity index (χ1n) is 11.8. The van der Waals surface area contributed by atoms with Crippen LogP contribution in [0.3, 0.4) is 0 Å². The average Bonchev–Trinajstić information content (AvgIpc) is 2.79. The van der Waals surface area contributed by atoms with Crippen molar-refractivity contribution in [3.8, 4) is 17.2 Å². The van der Waals surface area contributed by atoms with E-state index in [1.807, 2.05) is 37.3 Å². The van der Waals surface area contributed by atoms with Crippen molar-refractivity contribution in [2.45, 2.75) is 57.5 Å². The maximum atomic E-state index is 13.3. The molecule has 0 unspecified atom stereocenters. The summed E-state index contributed by atoms with van der Waals surface area (Å²) in [5.74, 6) is 1.60. The second kappa shape index (κ2) is 7.85. The molecule has 0 atom stereocenters. The van der Waals surface area contributed by atoms with Gasteiger partial charge < -0.3 is 14.2 Å². The van der Waals surface area contributed by atoms with Crippen molar-refractivity contribution in [3.05, 3.63) is 58.1 Å². The minimum atomic E-state index is -0.525. The quantitative estimate of drug-likeness (QED) is 0.606. The number of methoxy groups -OCH3 is 1. The van der Waals surface area contributed by atoms with E-state index in [0.29, 0.717) is 29.1 Å². The van der Waals surface area contributed by atoms with E-state index in [2.05, 4.69) is 9.88 Å². The second-order valence-electron chi connectivity index (χ2n) is 9.40. The van der Waals surface area contributed by atoms with E-state index in [1.54, 1.807) is 17.7 Å². The molecule has 1 aromatic heterocycles. The van der Waals surface area contributed by atoms with Crippen molar-refractivity contribution >= 4 is 10.9 Å². The number of likely N-dealkylation sites (tertiary alicyclic amines) is 1. The van der Waals surface area contributed by atoms with Gasteiger partial charge in [-0.05, 0) is 56.2 Å². The fourth-order valence-corrected chi connectivity index (χ4v) is 5.29. The van der Waals surface area contributed by atoms with Crippen LogP contribution in [0.4, 0.5) is 0 Å². The smallest absolute Gasteiger partial charge is 0.266 e. The Labute approximate surface area is 192 Å². The lowest BCUT2D eigenvalue weighted by Gasteiger charge is -2.47. The van der Waals surface area contributed by atoms with Crippen molar-refractivity contribution < 1.29 is 14.2 Å². The topological polar surface area (TPSA) is 65.8 Å². The van der Waals surface area contributed by atoms with Crippen molar-refractivity contribution in [3.63, 3.8) is 0 Å². The van der Waals surface area contributed by atoms with E-state index in [9.17, 15) is 4.79 Å². The Morgan fingerprint density at radius 2 is 1.94 bits per heavy atom. The minimum absolute atomic E-state index is 0.117. The van der Waals surface area contributed by atoms with E-state index < -0.39 is 5.79 Å². The number of aromatic nitrogens is 2. The molecule has 1 saturated carbocycles. The van der Waals surface area contributed by atoms with Crippen LogP contribution in [0.1, 0.15) is 43.5 Å². The van der Waals surface area contributed by atoms with Crippen molar-refractivity contribution in [1.29, 1.82) is 0 Å². The number of piperidine rings is 1. The molecule has 33 heavy (non-hydrogen) atoms. The molecule has 7 nitrogen and oxygen atoms in total. The zero-order valence-corrected chi connectivity index (χ0v) is 19.2. The highest BCUT2D eigenvalue weighted by atomic mass is 16.7. The zero-order valence-electron chi connectivity index (χ0n) is 19.2. The summed E-state index contributed by atoms with van der Waals surface area (Å²) in [6, 6.07) is 12.0. The molecule has 0 bridgehead atoms. The second-order valence-corrected chi connectivity index (χ2v) is 9.40. The molecule has 1 spiro atoms. The molecule has 1 saturated heterocycles. The molecule has 3 aromatic rings. The summed E-state index contributed by atoms with van der Waals surface area (Å²) in [6.07, 6.45) is 5.79. The molecule has 172 valence electrons. The normalized spacial score (nSPS) is 20.3. The summed E-state index contributed by atoms with van der Waals surface area (Å²) < 4.78 is 19.7. The van der Waals surface area contributed by atoms with Crippen LogP contribution in [-0.4, -0.2) is 46.5 Å². The first kappa shape index (κ1) is 20.7. The summed E-state index contributed by atoms with van der Waals surface area (Å²) in [5, 5.41) is 0.530. The molecule has 0 radical (unpaired) electrons. The van der Waals surface area contributed by atoms with Gasteiger partial charge in [-0.1, -0.05) is 6.42 Å². The predicted octanol–water partition coefficient (Wildman–Crippen LogP) is 3.96. The summed E-state index contributed by atoms with van der Waals surface area (Å²) in [5.41, 5.74) is 2.26. The Morgan fingerprint density at radius 1 is 1.12 bits per heavy atom. The van der Waals surface area contributed by atoms with E-state index in [4.69, 9.17) is 14.2 Å². The third-order valence-electron chi connectivity index (χ3n) is 7.48. The fourth-order valence-electron chi connectivity index (χ4n) is 5.29. The lowest BCUT2D eigenvalue weighted by atomic mass is 9.89. The van der Waals surface area contributed by atoms with Crippen molar-refractivity contribution in [2.24, 2.45) is 0 Å². The van der Waals surface area contributed by atoms with Crippen LogP contribution in [0.5, 0.6) is 11.5 Å². The molecule has 6 rings (SSSR count). The van der Waals surface area contributed by atoms with Gasteiger partial charge in [-0.25, -0.2) is 4.98 Å². The number of ether oxygens (including phenoxy) is 3. The average molecular weight is 448 g/mol. The molecular formula is C26H29N3O4. The fraction of sp³-hybridized carbons (Fsp3) is 0.462. The van der Waals surface area contributed by atoms with Gasteiger partial charge in [-0.2, -0.15) is 0 Å². The Hall–Kier alpha value is -2.90. The van der Waals surface area contributed by atoms with Gasteiger partial charge in [0.1, 0.15) is 17.3 Å². The molecule has 3 aliphatic rings. The van der Waals surface area contributed by atoms with Gasteiger partial charge in [-0.3, -0.25) is 14.3 Å². The predicted molar refractivity (Wildman–Crippen MR) is 125 cm³/mol. The maximum Gasteiger partial charge on any atom is 0.266 e. The van der Waals surface area contributed by atoms with Gasteiger partial charge in [-0.15, -0.1) is 0 Å². The molecule has 3 heterocycles. The van der Waals surface area contributed by atoms with Gasteiger partial charge in [0.25, 0.3) is 5.56 Å². The van der Waals surface area contributed by atoms with Crippen LogP contribution in [-0.2, 0) is 11.3 Å². The minimum Gasteiger partial charge on any atom is -0.497 e. The Balaban J connectivity index is 1.29. The highest BCUT2D eigenvalue weighted by Gasteiger charge is 2.42. The molecule has 0 N–H and O–H groups in total. The largest absolute Gasteiger partial charge is 0.497 e. The lowest BCUT2D eigenvalue weighted by Crippen LogP contribution is -2.54. The van der Waals surface area contributed by atoms with Crippen LogP contribution >= 0.6 is 0 Å². The first-order chi connectivity index (χ1) is 16.0. The standard InChI is InChI=1S/C26H29N3O4/c1-17-27-23-8-7-21(31-2)15-22(23)25(30)29(17)20-6-9-24-18(14-20)16-32-26(33-24)10-12-28(13-11-26)19-4-3-5-19/h6-9,14-15,19H,3-5,10-13,16H2,1-2H3. The summed E-state index contributed by atoms with van der Waals surface area (Å²) in [6.45, 7) is 4.38. The molecule has 1 aliphatic carbocycles. The van der Waals surface area contributed by atoms with E-state index in [-0.39, 0.29) is 5.56 Å². The number of nitrogens with zero attached hydrogens (tertiary/aromatic N) is 3. The molecule has 0 amide bonds. The number of aryl methyl sites for hydroxylation is 1. The number of rotatable bonds is 3. The SMILES string of the molecule is COc1ccc2nc(C)n(-c3ccc4c(c3)COC3(CCN(C5CCC5)CC3)O4)c(=O)c2c1. The van der Waals surface area contributed by atoms with Crippen LogP contribution in [0.25, 0.3) is 16.6 Å². The third-order valence-corrected chi connectivity index (χ3v) is 7.48. The number of hydrogen-bond acceptors (Lipinski definition) is 6. The van der Waals surface area contributed by atoms with Crippen LogP contribution in [0, 0.1) is 6.92 Å². The Bertz CT molecular complexity index is 1270. The Kier molecular flexibility index (Phi) is 4.92.